The molecular weight excluding hydrogens is 364 g/mol. The second-order valence-corrected chi connectivity index (χ2v) is 7.17. The highest BCUT2D eigenvalue weighted by Crippen LogP contribution is 2.22. The zero-order valence-electron chi connectivity index (χ0n) is 15.8. The molecule has 3 rings (SSSR count). The van der Waals surface area contributed by atoms with Gasteiger partial charge >= 0.3 is 0 Å². The summed E-state index contributed by atoms with van der Waals surface area (Å²) in [4.78, 5) is 19.0. The summed E-state index contributed by atoms with van der Waals surface area (Å²) in [5.74, 6) is 0.533. The highest BCUT2D eigenvalue weighted by Gasteiger charge is 2.16. The molecule has 2 aromatic rings. The molecule has 1 amide bonds. The number of hydrogen-bond donors (Lipinski definition) is 1. The van der Waals surface area contributed by atoms with Gasteiger partial charge in [0.25, 0.3) is 0 Å². The summed E-state index contributed by atoms with van der Waals surface area (Å²) >= 11 is 1.55. The van der Waals surface area contributed by atoms with E-state index in [1.165, 1.54) is 0 Å². The Morgan fingerprint density at radius 2 is 2.19 bits per heavy atom. The number of aryl methyl sites for hydroxylation is 1. The van der Waals surface area contributed by atoms with Gasteiger partial charge in [-0.25, -0.2) is 10.4 Å². The molecule has 144 valence electrons. The second kappa shape index (κ2) is 8.96. The van der Waals surface area contributed by atoms with Crippen LogP contribution < -0.4 is 15.1 Å². The van der Waals surface area contributed by atoms with Gasteiger partial charge in [-0.05, 0) is 26.0 Å². The molecule has 1 aliphatic rings. The molecule has 0 spiro atoms. The first-order valence-corrected chi connectivity index (χ1v) is 9.70. The summed E-state index contributed by atoms with van der Waals surface area (Å²) in [5.41, 5.74) is 6.02. The van der Waals surface area contributed by atoms with E-state index in [-0.39, 0.29) is 12.3 Å². The maximum absolute atomic E-state index is 12.2. The number of amides is 1. The standard InChI is InChI=1S/C19H24N4O3S/c1-13-4-5-17(25-3)16(10-13)14(2)21-22-18(24)11-15-12-27-19(20-15)23-6-8-26-9-7-23/h4-5,10,12H,6-9,11H2,1-3H3,(H,22,24)/b21-14-. The van der Waals surface area contributed by atoms with Crippen LogP contribution in [-0.2, 0) is 16.0 Å². The summed E-state index contributed by atoms with van der Waals surface area (Å²) in [7, 11) is 1.62. The largest absolute Gasteiger partial charge is 0.496 e. The van der Waals surface area contributed by atoms with Crippen molar-refractivity contribution in [2.24, 2.45) is 5.10 Å². The number of ether oxygens (including phenoxy) is 2. The van der Waals surface area contributed by atoms with E-state index >= 15 is 0 Å². The minimum Gasteiger partial charge on any atom is -0.496 e. The molecule has 2 heterocycles. The molecule has 0 unspecified atom stereocenters. The van der Waals surface area contributed by atoms with Crippen molar-refractivity contribution < 1.29 is 14.3 Å². The van der Waals surface area contributed by atoms with Crippen molar-refractivity contribution in [3.05, 3.63) is 40.4 Å². The molecule has 0 saturated carbocycles. The van der Waals surface area contributed by atoms with Crippen LogP contribution in [0, 0.1) is 6.92 Å². The van der Waals surface area contributed by atoms with Gasteiger partial charge in [-0.15, -0.1) is 11.3 Å². The van der Waals surface area contributed by atoms with Gasteiger partial charge in [0.1, 0.15) is 5.75 Å². The maximum Gasteiger partial charge on any atom is 0.246 e. The van der Waals surface area contributed by atoms with Gasteiger partial charge in [0.15, 0.2) is 5.13 Å². The number of anilines is 1. The Morgan fingerprint density at radius 3 is 2.93 bits per heavy atom. The molecule has 1 saturated heterocycles. The van der Waals surface area contributed by atoms with Crippen LogP contribution in [0.3, 0.4) is 0 Å². The predicted molar refractivity (Wildman–Crippen MR) is 107 cm³/mol. The molecule has 0 bridgehead atoms. The van der Waals surface area contributed by atoms with Crippen molar-refractivity contribution in [1.82, 2.24) is 10.4 Å². The molecule has 0 atom stereocenters. The average Bonchev–Trinajstić information content (AvgIpc) is 3.15. The maximum atomic E-state index is 12.2. The number of aromatic nitrogens is 1. The van der Waals surface area contributed by atoms with Crippen LogP contribution >= 0.6 is 11.3 Å². The second-order valence-electron chi connectivity index (χ2n) is 6.33. The van der Waals surface area contributed by atoms with E-state index < -0.39 is 0 Å². The predicted octanol–water partition coefficient (Wildman–Crippen LogP) is 2.38. The van der Waals surface area contributed by atoms with Crippen LogP contribution in [-0.4, -0.2) is 50.0 Å². The lowest BCUT2D eigenvalue weighted by molar-refractivity contribution is -0.120. The van der Waals surface area contributed by atoms with E-state index in [4.69, 9.17) is 9.47 Å². The van der Waals surface area contributed by atoms with Crippen molar-refractivity contribution in [1.29, 1.82) is 0 Å². The van der Waals surface area contributed by atoms with Gasteiger partial charge < -0.3 is 14.4 Å². The average molecular weight is 388 g/mol. The zero-order chi connectivity index (χ0) is 19.2. The van der Waals surface area contributed by atoms with Crippen molar-refractivity contribution in [3.8, 4) is 5.75 Å². The minimum atomic E-state index is -0.195. The van der Waals surface area contributed by atoms with Gasteiger partial charge in [-0.3, -0.25) is 4.79 Å². The van der Waals surface area contributed by atoms with Gasteiger partial charge in [-0.1, -0.05) is 11.6 Å². The third-order valence-electron chi connectivity index (χ3n) is 4.26. The molecule has 7 nitrogen and oxygen atoms in total. The monoisotopic (exact) mass is 388 g/mol. The first kappa shape index (κ1) is 19.3. The van der Waals surface area contributed by atoms with Crippen LogP contribution in [0.25, 0.3) is 0 Å². The van der Waals surface area contributed by atoms with Crippen LogP contribution in [0.1, 0.15) is 23.7 Å². The molecular formula is C19H24N4O3S. The zero-order valence-corrected chi connectivity index (χ0v) is 16.6. The van der Waals surface area contributed by atoms with E-state index in [9.17, 15) is 4.79 Å². The summed E-state index contributed by atoms with van der Waals surface area (Å²) in [6.45, 7) is 6.94. The first-order chi connectivity index (χ1) is 13.1. The number of nitrogens with one attached hydrogen (secondary N) is 1. The van der Waals surface area contributed by atoms with E-state index in [1.807, 2.05) is 37.4 Å². The Bertz CT molecular complexity index is 828. The minimum absolute atomic E-state index is 0.195. The highest BCUT2D eigenvalue weighted by molar-refractivity contribution is 7.13. The number of rotatable bonds is 6. The Balaban J connectivity index is 1.60. The van der Waals surface area contributed by atoms with Crippen molar-refractivity contribution >= 4 is 28.1 Å². The molecule has 1 N–H and O–H groups in total. The van der Waals surface area contributed by atoms with Crippen LogP contribution in [0.4, 0.5) is 5.13 Å². The van der Waals surface area contributed by atoms with E-state index in [1.54, 1.807) is 18.4 Å². The molecule has 1 fully saturated rings. The number of carbonyl (C=O) groups is 1. The molecule has 27 heavy (non-hydrogen) atoms. The van der Waals surface area contributed by atoms with Gasteiger partial charge in [0.05, 0.1) is 38.1 Å². The molecule has 8 heteroatoms. The van der Waals surface area contributed by atoms with E-state index in [0.29, 0.717) is 18.9 Å². The molecule has 1 aromatic heterocycles. The highest BCUT2D eigenvalue weighted by atomic mass is 32.1. The summed E-state index contributed by atoms with van der Waals surface area (Å²) in [5, 5.41) is 7.08. The Hall–Kier alpha value is -2.45. The normalized spacial score (nSPS) is 14.9. The van der Waals surface area contributed by atoms with Gasteiger partial charge in [0.2, 0.25) is 5.91 Å². The lowest BCUT2D eigenvalue weighted by atomic mass is 10.1. The van der Waals surface area contributed by atoms with Crippen LogP contribution in [0.2, 0.25) is 0 Å². The first-order valence-electron chi connectivity index (χ1n) is 8.82. The third kappa shape index (κ3) is 5.05. The Labute approximate surface area is 163 Å². The summed E-state index contributed by atoms with van der Waals surface area (Å²) < 4.78 is 10.7. The third-order valence-corrected chi connectivity index (χ3v) is 5.21. The smallest absolute Gasteiger partial charge is 0.246 e. The Morgan fingerprint density at radius 1 is 1.41 bits per heavy atom. The Kier molecular flexibility index (Phi) is 6.41. The van der Waals surface area contributed by atoms with Crippen molar-refractivity contribution in [2.45, 2.75) is 20.3 Å². The fourth-order valence-corrected chi connectivity index (χ4v) is 3.67. The van der Waals surface area contributed by atoms with E-state index in [0.717, 1.165) is 40.8 Å². The molecule has 0 aliphatic carbocycles. The number of carbonyl (C=O) groups excluding carboxylic acids is 1. The van der Waals surface area contributed by atoms with Crippen LogP contribution in [0.15, 0.2) is 28.7 Å². The lowest BCUT2D eigenvalue weighted by Crippen LogP contribution is -2.36. The number of nitrogens with zero attached hydrogens (tertiary/aromatic N) is 3. The number of hydrazone groups is 1. The lowest BCUT2D eigenvalue weighted by Gasteiger charge is -2.26. The molecule has 0 radical (unpaired) electrons. The molecule has 1 aliphatic heterocycles. The topological polar surface area (TPSA) is 76.0 Å². The quantitative estimate of drug-likeness (QED) is 0.607. The van der Waals surface area contributed by atoms with Gasteiger partial charge in [-0.2, -0.15) is 5.10 Å². The number of methoxy groups -OCH3 is 1. The molecule has 1 aromatic carbocycles. The number of morpholine rings is 1. The summed E-state index contributed by atoms with van der Waals surface area (Å²) in [6.07, 6.45) is 0.197. The fourth-order valence-electron chi connectivity index (χ4n) is 2.79. The number of hydrogen-bond acceptors (Lipinski definition) is 7. The fraction of sp³-hybridized carbons (Fsp3) is 0.421. The van der Waals surface area contributed by atoms with Gasteiger partial charge in [0, 0.05) is 24.0 Å². The van der Waals surface area contributed by atoms with Crippen LogP contribution in [0.5, 0.6) is 5.75 Å². The SMILES string of the molecule is COc1ccc(C)cc1/C(C)=N\NC(=O)Cc1csc(N2CCOCC2)n1. The van der Waals surface area contributed by atoms with Crippen molar-refractivity contribution in [3.63, 3.8) is 0 Å². The van der Waals surface area contributed by atoms with Crippen molar-refractivity contribution in [2.75, 3.05) is 38.3 Å². The summed E-state index contributed by atoms with van der Waals surface area (Å²) in [6, 6.07) is 5.86. The number of thiazole rings is 1. The number of benzene rings is 1. The van der Waals surface area contributed by atoms with E-state index in [2.05, 4.69) is 20.4 Å².